The first kappa shape index (κ1) is 14.6. The van der Waals surface area contributed by atoms with Crippen molar-refractivity contribution in [1.82, 2.24) is 14.5 Å². The third-order valence-electron chi connectivity index (χ3n) is 4.74. The van der Waals surface area contributed by atoms with Crippen LogP contribution in [0.5, 0.6) is 5.75 Å². The summed E-state index contributed by atoms with van der Waals surface area (Å²) in [5.41, 5.74) is 6.83. The Kier molecular flexibility index (Phi) is 3.54. The molecule has 4 heterocycles. The highest BCUT2D eigenvalue weighted by Gasteiger charge is 2.29. The molecule has 23 heavy (non-hydrogen) atoms. The van der Waals surface area contributed by atoms with Crippen LogP contribution in [0.25, 0.3) is 11.0 Å². The van der Waals surface area contributed by atoms with E-state index >= 15 is 0 Å². The van der Waals surface area contributed by atoms with E-state index in [2.05, 4.69) is 9.88 Å². The number of halogens is 1. The minimum atomic E-state index is -0.528. The third kappa shape index (κ3) is 2.49. The summed E-state index contributed by atoms with van der Waals surface area (Å²) in [6.07, 6.45) is 3.05. The monoisotopic (exact) mass is 318 g/mol. The Hall–Kier alpha value is -1.99. The Morgan fingerprint density at radius 3 is 2.91 bits per heavy atom. The highest BCUT2D eigenvalue weighted by atomic mass is 19.1. The number of nitrogens with two attached hydrogens (primary N) is 1. The molecule has 0 saturated carbocycles. The molecule has 7 heteroatoms. The van der Waals surface area contributed by atoms with Crippen LogP contribution in [0.4, 0.5) is 4.39 Å². The summed E-state index contributed by atoms with van der Waals surface area (Å²) < 4.78 is 21.2. The number of hydrogen-bond donors (Lipinski definition) is 1. The molecule has 0 radical (unpaired) electrons. The molecule has 0 bridgehead atoms. The first-order valence-electron chi connectivity index (χ1n) is 7.94. The van der Waals surface area contributed by atoms with E-state index in [1.165, 1.54) is 6.07 Å². The molecule has 0 spiro atoms. The summed E-state index contributed by atoms with van der Waals surface area (Å²) in [5.74, 6) is -0.399. The van der Waals surface area contributed by atoms with E-state index in [1.807, 2.05) is 0 Å². The topological polar surface area (TPSA) is 73.4 Å². The van der Waals surface area contributed by atoms with Gasteiger partial charge in [-0.1, -0.05) is 0 Å². The lowest BCUT2D eigenvalue weighted by atomic mass is 10.1. The molecule has 2 aliphatic heterocycles. The van der Waals surface area contributed by atoms with Gasteiger partial charge in [0, 0.05) is 18.7 Å². The average Bonchev–Trinajstić information content (AvgIpc) is 2.56. The number of aromatic nitrogens is 2. The fourth-order valence-corrected chi connectivity index (χ4v) is 3.49. The molecule has 1 atom stereocenters. The zero-order chi connectivity index (χ0) is 16.0. The van der Waals surface area contributed by atoms with Crippen molar-refractivity contribution in [2.45, 2.75) is 24.9 Å². The second-order valence-corrected chi connectivity index (χ2v) is 6.31. The Bertz CT molecular complexity index is 799. The summed E-state index contributed by atoms with van der Waals surface area (Å²) in [6.45, 7) is 2.81. The van der Waals surface area contributed by atoms with E-state index in [4.69, 9.17) is 10.5 Å². The van der Waals surface area contributed by atoms with E-state index in [0.717, 1.165) is 32.1 Å². The number of ether oxygens (including phenoxy) is 1. The molecule has 0 aromatic carbocycles. The van der Waals surface area contributed by atoms with Crippen LogP contribution in [0.1, 0.15) is 18.9 Å². The van der Waals surface area contributed by atoms with Crippen LogP contribution in [0, 0.1) is 5.82 Å². The Labute approximate surface area is 132 Å². The number of hydrogen-bond acceptors (Lipinski definition) is 5. The number of nitrogens with zero attached hydrogens (tertiary/aromatic N) is 3. The largest absolute Gasteiger partial charge is 0.486 e. The normalized spacial score (nSPS) is 22.3. The number of pyridine rings is 2. The van der Waals surface area contributed by atoms with Gasteiger partial charge in [0.2, 0.25) is 0 Å². The SMILES string of the molecule is NC1CCN(C[C@H]2COc3c(F)cnc4ccc(=O)n2c34)CC1. The van der Waals surface area contributed by atoms with Crippen molar-refractivity contribution < 1.29 is 9.13 Å². The first-order chi connectivity index (χ1) is 11.1. The molecular weight excluding hydrogens is 299 g/mol. The van der Waals surface area contributed by atoms with Gasteiger partial charge in [0.1, 0.15) is 12.1 Å². The highest BCUT2D eigenvalue weighted by Crippen LogP contribution is 2.32. The van der Waals surface area contributed by atoms with Gasteiger partial charge in [-0.3, -0.25) is 14.3 Å². The lowest BCUT2D eigenvalue weighted by Crippen LogP contribution is -2.45. The quantitative estimate of drug-likeness (QED) is 0.890. The fraction of sp³-hybridized carbons (Fsp3) is 0.500. The van der Waals surface area contributed by atoms with Crippen molar-refractivity contribution in [2.75, 3.05) is 26.2 Å². The van der Waals surface area contributed by atoms with Crippen LogP contribution in [-0.4, -0.2) is 46.7 Å². The first-order valence-corrected chi connectivity index (χ1v) is 7.94. The Morgan fingerprint density at radius 1 is 1.35 bits per heavy atom. The Balaban J connectivity index is 1.73. The van der Waals surface area contributed by atoms with Gasteiger partial charge in [-0.15, -0.1) is 0 Å². The predicted octanol–water partition coefficient (Wildman–Crippen LogP) is 0.892. The third-order valence-corrected chi connectivity index (χ3v) is 4.74. The molecule has 122 valence electrons. The zero-order valence-electron chi connectivity index (χ0n) is 12.7. The summed E-state index contributed by atoms with van der Waals surface area (Å²) in [6, 6.07) is 3.22. The van der Waals surface area contributed by atoms with Crippen molar-refractivity contribution in [3.05, 3.63) is 34.5 Å². The molecule has 2 N–H and O–H groups in total. The number of likely N-dealkylation sites (tertiary alicyclic amines) is 1. The molecule has 0 unspecified atom stereocenters. The van der Waals surface area contributed by atoms with Gasteiger partial charge in [0.05, 0.1) is 17.8 Å². The van der Waals surface area contributed by atoms with Crippen LogP contribution in [0.3, 0.4) is 0 Å². The molecule has 2 aliphatic rings. The second kappa shape index (κ2) is 5.58. The zero-order valence-corrected chi connectivity index (χ0v) is 12.7. The number of piperidine rings is 1. The van der Waals surface area contributed by atoms with Crippen molar-refractivity contribution in [3.8, 4) is 5.75 Å². The highest BCUT2D eigenvalue weighted by molar-refractivity contribution is 5.82. The maximum absolute atomic E-state index is 14.0. The van der Waals surface area contributed by atoms with Crippen LogP contribution in [0.15, 0.2) is 23.1 Å². The number of rotatable bonds is 2. The van der Waals surface area contributed by atoms with E-state index in [0.29, 0.717) is 17.6 Å². The van der Waals surface area contributed by atoms with Crippen LogP contribution in [-0.2, 0) is 0 Å². The molecule has 6 nitrogen and oxygen atoms in total. The fourth-order valence-electron chi connectivity index (χ4n) is 3.49. The lowest BCUT2D eigenvalue weighted by molar-refractivity contribution is 0.143. The van der Waals surface area contributed by atoms with Crippen LogP contribution >= 0.6 is 0 Å². The molecule has 2 aromatic rings. The predicted molar refractivity (Wildman–Crippen MR) is 84.1 cm³/mol. The summed E-state index contributed by atoms with van der Waals surface area (Å²) in [4.78, 5) is 18.7. The summed E-state index contributed by atoms with van der Waals surface area (Å²) in [5, 5.41) is 0. The Morgan fingerprint density at radius 2 is 2.13 bits per heavy atom. The van der Waals surface area contributed by atoms with Crippen LogP contribution in [0.2, 0.25) is 0 Å². The summed E-state index contributed by atoms with van der Waals surface area (Å²) in [7, 11) is 0. The van der Waals surface area contributed by atoms with E-state index in [1.54, 1.807) is 10.6 Å². The minimum absolute atomic E-state index is 0.129. The standard InChI is InChI=1S/C16H19FN4O2/c17-12-7-19-13-1-2-14(22)21-11(9-23-16(12)15(13)21)8-20-5-3-10(18)4-6-20/h1-2,7,10-11H,3-6,8-9,18H2/t11-/m0/s1. The summed E-state index contributed by atoms with van der Waals surface area (Å²) >= 11 is 0. The maximum atomic E-state index is 14.0. The molecule has 2 aromatic heterocycles. The van der Waals surface area contributed by atoms with Gasteiger partial charge in [-0.05, 0) is 32.0 Å². The molecular formula is C16H19FN4O2. The molecule has 1 fully saturated rings. The van der Waals surface area contributed by atoms with Gasteiger partial charge < -0.3 is 15.4 Å². The van der Waals surface area contributed by atoms with Gasteiger partial charge in [-0.25, -0.2) is 4.39 Å². The molecule has 4 rings (SSSR count). The van der Waals surface area contributed by atoms with E-state index in [9.17, 15) is 9.18 Å². The second-order valence-electron chi connectivity index (χ2n) is 6.31. The van der Waals surface area contributed by atoms with Gasteiger partial charge in [-0.2, -0.15) is 0 Å². The molecule has 1 saturated heterocycles. The van der Waals surface area contributed by atoms with Gasteiger partial charge in [0.15, 0.2) is 11.6 Å². The lowest BCUT2D eigenvalue weighted by Gasteiger charge is -2.35. The van der Waals surface area contributed by atoms with E-state index < -0.39 is 5.82 Å². The van der Waals surface area contributed by atoms with E-state index in [-0.39, 0.29) is 30.0 Å². The van der Waals surface area contributed by atoms with Crippen molar-refractivity contribution >= 4 is 11.0 Å². The minimum Gasteiger partial charge on any atom is -0.486 e. The van der Waals surface area contributed by atoms with Crippen LogP contribution < -0.4 is 16.0 Å². The smallest absolute Gasteiger partial charge is 0.251 e. The maximum Gasteiger partial charge on any atom is 0.251 e. The molecule has 0 aliphatic carbocycles. The average molecular weight is 318 g/mol. The van der Waals surface area contributed by atoms with Crippen molar-refractivity contribution in [1.29, 1.82) is 0 Å². The van der Waals surface area contributed by atoms with Gasteiger partial charge in [0.25, 0.3) is 5.56 Å². The van der Waals surface area contributed by atoms with Crippen molar-refractivity contribution in [2.24, 2.45) is 5.73 Å². The molecule has 0 amide bonds. The van der Waals surface area contributed by atoms with Crippen molar-refractivity contribution in [3.63, 3.8) is 0 Å². The van der Waals surface area contributed by atoms with Gasteiger partial charge >= 0.3 is 0 Å².